The minimum Gasteiger partial charge on any atom is -0.354 e. The van der Waals surface area contributed by atoms with E-state index in [1.807, 2.05) is 0 Å². The van der Waals surface area contributed by atoms with E-state index in [4.69, 9.17) is 4.78 Å². The Morgan fingerprint density at radius 3 is 2.55 bits per heavy atom. The van der Waals surface area contributed by atoms with Gasteiger partial charge in [0.05, 0.1) is 15.3 Å². The van der Waals surface area contributed by atoms with Crippen LogP contribution in [0, 0.1) is 11.7 Å². The fraction of sp³-hybridized carbons (Fsp3) is 0.450. The molecule has 13 heteroatoms. The summed E-state index contributed by atoms with van der Waals surface area (Å²) >= 11 is 0. The number of alkyl halides is 5. The summed E-state index contributed by atoms with van der Waals surface area (Å²) in [5, 5.41) is 9.30. The molecule has 1 aromatic carbocycles. The first-order valence-corrected chi connectivity index (χ1v) is 11.9. The van der Waals surface area contributed by atoms with Gasteiger partial charge < -0.3 is 10.2 Å². The highest BCUT2D eigenvalue weighted by Gasteiger charge is 2.39. The molecule has 33 heavy (non-hydrogen) atoms. The molecule has 3 rings (SSSR count). The second kappa shape index (κ2) is 8.84. The van der Waals surface area contributed by atoms with Crippen LogP contribution in [0.1, 0.15) is 40.9 Å². The van der Waals surface area contributed by atoms with Crippen LogP contribution in [0.5, 0.6) is 0 Å². The van der Waals surface area contributed by atoms with Gasteiger partial charge in [-0.15, -0.1) is 10.2 Å². The molecule has 1 aliphatic heterocycles. The summed E-state index contributed by atoms with van der Waals surface area (Å²) in [4.78, 5) is 14.6. The number of halogens is 5. The molecule has 180 valence electrons. The summed E-state index contributed by atoms with van der Waals surface area (Å²) in [6.07, 6.45) is -4.55. The van der Waals surface area contributed by atoms with Gasteiger partial charge in [0.15, 0.2) is 11.5 Å². The van der Waals surface area contributed by atoms with Gasteiger partial charge in [-0.05, 0) is 37.1 Å². The smallest absolute Gasteiger partial charge is 0.354 e. The van der Waals surface area contributed by atoms with Crippen molar-refractivity contribution in [1.82, 2.24) is 10.2 Å². The Labute approximate surface area is 187 Å². The fourth-order valence-corrected chi connectivity index (χ4v) is 4.25. The number of aromatic nitrogens is 2. The number of hydrogen-bond acceptors (Lipinski definition) is 6. The second-order valence-electron chi connectivity index (χ2n) is 7.89. The monoisotopic (exact) mass is 491 g/mol. The number of rotatable bonds is 4. The first-order valence-electron chi connectivity index (χ1n) is 9.91. The molecular weight excluding hydrogens is 469 g/mol. The molecule has 0 radical (unpaired) electrons. The van der Waals surface area contributed by atoms with Gasteiger partial charge in [-0.2, -0.15) is 13.2 Å². The highest BCUT2D eigenvalue weighted by atomic mass is 32.2. The number of nitrogens with one attached hydrogen (secondary N) is 2. The summed E-state index contributed by atoms with van der Waals surface area (Å²) in [5.41, 5.74) is -2.17. The second-order valence-corrected chi connectivity index (χ2v) is 10.1. The number of anilines is 2. The lowest BCUT2D eigenvalue weighted by atomic mass is 10.1. The summed E-state index contributed by atoms with van der Waals surface area (Å²) in [6.45, 7) is 0.933. The van der Waals surface area contributed by atoms with Gasteiger partial charge in [0, 0.05) is 42.8 Å². The van der Waals surface area contributed by atoms with E-state index < -0.39 is 51.0 Å². The maximum atomic E-state index is 13.8. The van der Waals surface area contributed by atoms with Gasteiger partial charge in [0.2, 0.25) is 5.92 Å². The molecule has 0 unspecified atom stereocenters. The molecule has 2 aromatic rings. The van der Waals surface area contributed by atoms with Crippen LogP contribution in [0.2, 0.25) is 0 Å². The molecule has 1 aliphatic rings. The Bertz CT molecular complexity index is 1170. The number of hydrogen-bond donors (Lipinski definition) is 2. The Hall–Kier alpha value is -2.83. The normalized spacial score (nSPS) is 18.3. The first kappa shape index (κ1) is 24.8. The molecule has 1 saturated heterocycles. The van der Waals surface area contributed by atoms with Crippen molar-refractivity contribution < 1.29 is 31.0 Å². The molecular formula is C20H22F5N5O2S. The van der Waals surface area contributed by atoms with E-state index in [1.165, 1.54) is 35.4 Å². The first-order chi connectivity index (χ1) is 15.2. The van der Waals surface area contributed by atoms with Crippen molar-refractivity contribution in [2.75, 3.05) is 29.6 Å². The van der Waals surface area contributed by atoms with Crippen LogP contribution in [0.25, 0.3) is 0 Å². The zero-order chi connectivity index (χ0) is 24.6. The van der Waals surface area contributed by atoms with Crippen LogP contribution in [-0.4, -0.2) is 45.6 Å². The average molecular weight is 491 g/mol. The van der Waals surface area contributed by atoms with Gasteiger partial charge in [-0.1, -0.05) is 6.07 Å². The van der Waals surface area contributed by atoms with Crippen molar-refractivity contribution in [2.24, 2.45) is 0 Å². The topological polar surface area (TPSA) is 99.0 Å². The van der Waals surface area contributed by atoms with E-state index in [-0.39, 0.29) is 42.3 Å². The Morgan fingerprint density at radius 1 is 1.21 bits per heavy atom. The van der Waals surface area contributed by atoms with Crippen molar-refractivity contribution >= 4 is 27.1 Å². The van der Waals surface area contributed by atoms with Gasteiger partial charge >= 0.3 is 6.18 Å². The van der Waals surface area contributed by atoms with E-state index in [1.54, 1.807) is 0 Å². The number of benzene rings is 1. The van der Waals surface area contributed by atoms with Crippen molar-refractivity contribution in [3.8, 4) is 0 Å². The Balaban J connectivity index is 2.05. The third kappa shape index (κ3) is 5.75. The maximum absolute atomic E-state index is 13.8. The van der Waals surface area contributed by atoms with Crippen LogP contribution < -0.4 is 10.2 Å². The predicted octanol–water partition coefficient (Wildman–Crippen LogP) is 4.72. The van der Waals surface area contributed by atoms with Crippen LogP contribution in [-0.2, 0) is 15.9 Å². The minimum atomic E-state index is -4.88. The largest absolute Gasteiger partial charge is 0.435 e. The standard InChI is InChI=1S/C20H22F5N5O2S/c1-12-15(18(31)27-13-5-3-6-14(11-13)33(2,26)32)17(29-28-16(12)20(23,24)25)30-9-4-7-19(21,22)8-10-30/h3,5-6,11,26H,4,7-10H2,1-2H3,(H,27,31)/t33-/m1/s1. The third-order valence-electron chi connectivity index (χ3n) is 5.25. The summed E-state index contributed by atoms with van der Waals surface area (Å²) in [5.74, 6) is -4.09. The molecule has 1 atom stereocenters. The molecule has 2 N–H and O–H groups in total. The molecule has 1 aromatic heterocycles. The van der Waals surface area contributed by atoms with E-state index in [0.29, 0.717) is 0 Å². The maximum Gasteiger partial charge on any atom is 0.435 e. The zero-order valence-corrected chi connectivity index (χ0v) is 18.6. The van der Waals surface area contributed by atoms with Crippen molar-refractivity contribution in [3.63, 3.8) is 0 Å². The quantitative estimate of drug-likeness (QED) is 0.604. The third-order valence-corrected chi connectivity index (χ3v) is 6.41. The van der Waals surface area contributed by atoms with Crippen molar-refractivity contribution in [2.45, 2.75) is 43.2 Å². The summed E-state index contributed by atoms with van der Waals surface area (Å²) in [7, 11) is -3.10. The summed E-state index contributed by atoms with van der Waals surface area (Å²) in [6, 6.07) is 5.58. The highest BCUT2D eigenvalue weighted by Crippen LogP contribution is 2.36. The van der Waals surface area contributed by atoms with E-state index >= 15 is 0 Å². The van der Waals surface area contributed by atoms with Crippen LogP contribution in [0.15, 0.2) is 29.2 Å². The van der Waals surface area contributed by atoms with Gasteiger partial charge in [0.1, 0.15) is 0 Å². The molecule has 0 aliphatic carbocycles. The van der Waals surface area contributed by atoms with E-state index in [0.717, 1.165) is 6.92 Å². The van der Waals surface area contributed by atoms with E-state index in [9.17, 15) is 31.0 Å². The van der Waals surface area contributed by atoms with Crippen molar-refractivity contribution in [3.05, 3.63) is 41.1 Å². The predicted molar refractivity (Wildman–Crippen MR) is 112 cm³/mol. The fourth-order valence-electron chi connectivity index (χ4n) is 3.56. The molecule has 7 nitrogen and oxygen atoms in total. The van der Waals surface area contributed by atoms with Crippen LogP contribution in [0.3, 0.4) is 0 Å². The molecule has 2 heterocycles. The number of nitrogens with zero attached hydrogens (tertiary/aromatic N) is 3. The number of amides is 1. The zero-order valence-electron chi connectivity index (χ0n) is 17.8. The minimum absolute atomic E-state index is 0.0617. The van der Waals surface area contributed by atoms with Gasteiger partial charge in [-0.3, -0.25) is 4.79 Å². The van der Waals surface area contributed by atoms with Crippen molar-refractivity contribution in [1.29, 1.82) is 4.78 Å². The van der Waals surface area contributed by atoms with Gasteiger partial charge in [0.25, 0.3) is 5.91 Å². The lowest BCUT2D eigenvalue weighted by Gasteiger charge is -2.25. The van der Waals surface area contributed by atoms with Gasteiger partial charge in [-0.25, -0.2) is 17.8 Å². The van der Waals surface area contributed by atoms with E-state index in [2.05, 4.69) is 15.5 Å². The van der Waals surface area contributed by atoms with Crippen LogP contribution >= 0.6 is 0 Å². The lowest BCUT2D eigenvalue weighted by molar-refractivity contribution is -0.142. The lowest BCUT2D eigenvalue weighted by Crippen LogP contribution is -2.31. The Morgan fingerprint density at radius 2 is 1.91 bits per heavy atom. The average Bonchev–Trinajstić information content (AvgIpc) is 2.86. The molecule has 0 bridgehead atoms. The SMILES string of the molecule is Cc1c(C(F)(F)F)nnc(N2CCCC(F)(F)CC2)c1C(=O)Nc1cccc([S@](C)(=N)=O)c1. The summed E-state index contributed by atoms with van der Waals surface area (Å²) < 4.78 is 87.6. The molecule has 0 saturated carbocycles. The van der Waals surface area contributed by atoms with Crippen LogP contribution in [0.4, 0.5) is 33.5 Å². The number of carbonyl (C=O) groups is 1. The number of carbonyl (C=O) groups excluding carboxylic acids is 1. The molecule has 1 fully saturated rings. The molecule has 0 spiro atoms. The Kier molecular flexibility index (Phi) is 6.65. The molecule has 1 amide bonds. The highest BCUT2D eigenvalue weighted by molar-refractivity contribution is 7.91.